The molecule has 0 saturated heterocycles. The molecule has 0 heterocycles. The quantitative estimate of drug-likeness (QED) is 0.692. The fraction of sp³-hybridized carbons (Fsp3) is 0.667. The molecule has 1 nitrogen and oxygen atoms in total. The van der Waals surface area contributed by atoms with Crippen LogP contribution in [0.2, 0.25) is 0 Å². The standard InChI is InChI=1S/C12H21N/c1-8-9(2)11(6-7-13)12(4,5)10(8)3/h6-7,13H2,1-5H3. The van der Waals surface area contributed by atoms with Gasteiger partial charge in [-0.1, -0.05) is 25.0 Å². The van der Waals surface area contributed by atoms with E-state index >= 15 is 0 Å². The minimum absolute atomic E-state index is 0.244. The van der Waals surface area contributed by atoms with Gasteiger partial charge in [-0.05, 0) is 44.9 Å². The van der Waals surface area contributed by atoms with Crippen molar-refractivity contribution in [2.75, 3.05) is 6.54 Å². The van der Waals surface area contributed by atoms with E-state index < -0.39 is 0 Å². The Morgan fingerprint density at radius 2 is 1.62 bits per heavy atom. The van der Waals surface area contributed by atoms with Crippen LogP contribution in [0.25, 0.3) is 0 Å². The highest BCUT2D eigenvalue weighted by Crippen LogP contribution is 2.47. The summed E-state index contributed by atoms with van der Waals surface area (Å²) in [4.78, 5) is 0. The molecule has 1 aliphatic carbocycles. The van der Waals surface area contributed by atoms with Gasteiger partial charge in [-0.15, -0.1) is 0 Å². The van der Waals surface area contributed by atoms with Crippen LogP contribution in [0.4, 0.5) is 0 Å². The summed E-state index contributed by atoms with van der Waals surface area (Å²) in [7, 11) is 0. The maximum atomic E-state index is 5.63. The van der Waals surface area contributed by atoms with Crippen LogP contribution in [0, 0.1) is 5.41 Å². The summed E-state index contributed by atoms with van der Waals surface area (Å²) in [6, 6.07) is 0. The van der Waals surface area contributed by atoms with Gasteiger partial charge >= 0.3 is 0 Å². The van der Waals surface area contributed by atoms with Crippen LogP contribution in [0.1, 0.15) is 41.0 Å². The lowest BCUT2D eigenvalue weighted by molar-refractivity contribution is 0.525. The zero-order valence-corrected chi connectivity index (χ0v) is 9.49. The first-order chi connectivity index (χ1) is 5.92. The van der Waals surface area contributed by atoms with Crippen LogP contribution >= 0.6 is 0 Å². The van der Waals surface area contributed by atoms with Gasteiger partial charge in [-0.2, -0.15) is 0 Å². The van der Waals surface area contributed by atoms with E-state index in [0.717, 1.165) is 13.0 Å². The summed E-state index contributed by atoms with van der Waals surface area (Å²) in [6.07, 6.45) is 1.04. The van der Waals surface area contributed by atoms with E-state index in [1.54, 1.807) is 0 Å². The zero-order valence-electron chi connectivity index (χ0n) is 9.49. The topological polar surface area (TPSA) is 26.0 Å². The first-order valence-corrected chi connectivity index (χ1v) is 5.01. The van der Waals surface area contributed by atoms with E-state index in [2.05, 4.69) is 34.6 Å². The molecule has 0 aromatic rings. The van der Waals surface area contributed by atoms with Crippen LogP contribution in [0.5, 0.6) is 0 Å². The van der Waals surface area contributed by atoms with E-state index in [1.807, 2.05) is 0 Å². The molecule has 74 valence electrons. The summed E-state index contributed by atoms with van der Waals surface area (Å²) in [5.74, 6) is 0. The molecule has 0 spiro atoms. The smallest absolute Gasteiger partial charge is 0.00733 e. The lowest BCUT2D eigenvalue weighted by Crippen LogP contribution is -2.16. The highest BCUT2D eigenvalue weighted by atomic mass is 14.5. The molecule has 2 N–H and O–H groups in total. The third-order valence-electron chi connectivity index (χ3n) is 3.66. The van der Waals surface area contributed by atoms with Crippen molar-refractivity contribution in [3.63, 3.8) is 0 Å². The molecule has 1 heteroatoms. The Balaban J connectivity index is 3.12. The molecule has 0 saturated carbocycles. The summed E-state index contributed by atoms with van der Waals surface area (Å²) < 4.78 is 0. The van der Waals surface area contributed by atoms with Crippen molar-refractivity contribution in [3.8, 4) is 0 Å². The minimum atomic E-state index is 0.244. The molecule has 0 unspecified atom stereocenters. The fourth-order valence-corrected chi connectivity index (χ4v) is 2.32. The van der Waals surface area contributed by atoms with Crippen LogP contribution < -0.4 is 5.73 Å². The van der Waals surface area contributed by atoms with Gasteiger partial charge in [0.15, 0.2) is 0 Å². The molecule has 1 rings (SSSR count). The van der Waals surface area contributed by atoms with Crippen LogP contribution in [0.3, 0.4) is 0 Å². The summed E-state index contributed by atoms with van der Waals surface area (Å²) in [5, 5.41) is 0. The Kier molecular flexibility index (Phi) is 2.67. The van der Waals surface area contributed by atoms with E-state index in [-0.39, 0.29) is 5.41 Å². The second-order valence-corrected chi connectivity index (χ2v) is 4.52. The van der Waals surface area contributed by atoms with Crippen molar-refractivity contribution in [1.29, 1.82) is 0 Å². The molecular formula is C12H21N. The maximum absolute atomic E-state index is 5.63. The van der Waals surface area contributed by atoms with Crippen molar-refractivity contribution in [2.45, 2.75) is 41.0 Å². The van der Waals surface area contributed by atoms with Crippen molar-refractivity contribution < 1.29 is 0 Å². The fourth-order valence-electron chi connectivity index (χ4n) is 2.32. The largest absolute Gasteiger partial charge is 0.330 e. The second kappa shape index (κ2) is 3.30. The SMILES string of the molecule is CC1=C(C)C(C)(C)C(CCN)=C1C. The maximum Gasteiger partial charge on any atom is 0.00733 e. The molecule has 0 atom stereocenters. The Hall–Kier alpha value is -0.560. The summed E-state index contributed by atoms with van der Waals surface area (Å²) in [6.45, 7) is 12.0. The van der Waals surface area contributed by atoms with E-state index in [0.29, 0.717) is 0 Å². The Bertz CT molecular complexity index is 279. The molecule has 13 heavy (non-hydrogen) atoms. The van der Waals surface area contributed by atoms with Gasteiger partial charge in [0.1, 0.15) is 0 Å². The first kappa shape index (κ1) is 10.5. The van der Waals surface area contributed by atoms with Gasteiger partial charge in [-0.25, -0.2) is 0 Å². The van der Waals surface area contributed by atoms with Crippen LogP contribution in [-0.4, -0.2) is 6.54 Å². The molecule has 0 amide bonds. The highest BCUT2D eigenvalue weighted by Gasteiger charge is 2.33. The monoisotopic (exact) mass is 179 g/mol. The average molecular weight is 179 g/mol. The van der Waals surface area contributed by atoms with E-state index in [4.69, 9.17) is 5.73 Å². The molecule has 0 aromatic heterocycles. The van der Waals surface area contributed by atoms with E-state index in [1.165, 1.54) is 22.3 Å². The number of hydrogen-bond acceptors (Lipinski definition) is 1. The second-order valence-electron chi connectivity index (χ2n) is 4.52. The predicted octanol–water partition coefficient (Wildman–Crippen LogP) is 3.03. The van der Waals surface area contributed by atoms with Gasteiger partial charge in [-0.3, -0.25) is 0 Å². The third kappa shape index (κ3) is 1.46. The normalized spacial score (nSPS) is 21.7. The van der Waals surface area contributed by atoms with Gasteiger partial charge < -0.3 is 5.73 Å². The minimum Gasteiger partial charge on any atom is -0.330 e. The molecule has 0 radical (unpaired) electrons. The van der Waals surface area contributed by atoms with Crippen molar-refractivity contribution in [2.24, 2.45) is 11.1 Å². The van der Waals surface area contributed by atoms with E-state index in [9.17, 15) is 0 Å². The highest BCUT2D eigenvalue weighted by molar-refractivity contribution is 5.50. The van der Waals surface area contributed by atoms with Crippen molar-refractivity contribution in [1.82, 2.24) is 0 Å². The van der Waals surface area contributed by atoms with Gasteiger partial charge in [0, 0.05) is 5.41 Å². The van der Waals surface area contributed by atoms with Crippen LogP contribution in [0.15, 0.2) is 22.3 Å². The Labute approximate surface area is 81.7 Å². The number of allylic oxidation sites excluding steroid dienone is 3. The molecular weight excluding hydrogens is 158 g/mol. The zero-order chi connectivity index (χ0) is 10.2. The Morgan fingerprint density at radius 1 is 1.08 bits per heavy atom. The number of rotatable bonds is 2. The van der Waals surface area contributed by atoms with Crippen molar-refractivity contribution in [3.05, 3.63) is 22.3 Å². The van der Waals surface area contributed by atoms with Crippen LogP contribution in [-0.2, 0) is 0 Å². The molecule has 0 aliphatic heterocycles. The van der Waals surface area contributed by atoms with Gasteiger partial charge in [0.2, 0.25) is 0 Å². The third-order valence-corrected chi connectivity index (χ3v) is 3.66. The van der Waals surface area contributed by atoms with Gasteiger partial charge in [0.05, 0.1) is 0 Å². The summed E-state index contributed by atoms with van der Waals surface area (Å²) in [5.41, 5.74) is 11.8. The molecule has 0 fully saturated rings. The first-order valence-electron chi connectivity index (χ1n) is 5.01. The molecule has 1 aliphatic rings. The lowest BCUT2D eigenvalue weighted by atomic mass is 9.79. The lowest BCUT2D eigenvalue weighted by Gasteiger charge is -2.25. The Morgan fingerprint density at radius 3 is 1.92 bits per heavy atom. The van der Waals surface area contributed by atoms with Crippen molar-refractivity contribution >= 4 is 0 Å². The number of hydrogen-bond donors (Lipinski definition) is 1. The number of nitrogens with two attached hydrogens (primary N) is 1. The molecule has 0 bridgehead atoms. The van der Waals surface area contributed by atoms with Gasteiger partial charge in [0.25, 0.3) is 0 Å². The predicted molar refractivity (Wildman–Crippen MR) is 58.5 cm³/mol. The summed E-state index contributed by atoms with van der Waals surface area (Å²) >= 11 is 0. The average Bonchev–Trinajstić information content (AvgIpc) is 2.20. The molecule has 0 aromatic carbocycles.